The molecule has 2 aromatic rings. The van der Waals surface area contributed by atoms with E-state index in [9.17, 15) is 27.9 Å². The quantitative estimate of drug-likeness (QED) is 0.443. The van der Waals surface area contributed by atoms with Crippen LogP contribution in [0.1, 0.15) is 48.0 Å². The molecular formula is C29H33F3N3O3U-. The van der Waals surface area contributed by atoms with Gasteiger partial charge < -0.3 is 20.2 Å². The molecular weight excluding hydrogens is 733 g/mol. The molecule has 0 saturated carbocycles. The molecule has 3 aliphatic heterocycles. The molecule has 2 amide bonds. The van der Waals surface area contributed by atoms with Crippen LogP contribution in [0.3, 0.4) is 0 Å². The third-order valence-electron chi connectivity index (χ3n) is 8.26. The summed E-state index contributed by atoms with van der Waals surface area (Å²) in [6, 6.07) is 13.7. The van der Waals surface area contributed by atoms with E-state index in [1.165, 1.54) is 4.90 Å². The van der Waals surface area contributed by atoms with Crippen molar-refractivity contribution in [1.29, 1.82) is 0 Å². The Labute approximate surface area is 250 Å². The summed E-state index contributed by atoms with van der Waals surface area (Å²) in [5.74, 6) is -1.52. The Balaban J connectivity index is 0.00000353. The van der Waals surface area contributed by atoms with Crippen LogP contribution in [-0.4, -0.2) is 71.7 Å². The molecule has 3 heterocycles. The number of likely N-dealkylation sites (tertiary alicyclic amines) is 2. The van der Waals surface area contributed by atoms with Crippen LogP contribution in [0.25, 0.3) is 11.1 Å². The Hall–Kier alpha value is -2.02. The Morgan fingerprint density at radius 2 is 1.67 bits per heavy atom. The molecule has 1 atom stereocenters. The summed E-state index contributed by atoms with van der Waals surface area (Å²) in [5.41, 5.74) is 2.55. The molecule has 6 nitrogen and oxygen atoms in total. The van der Waals surface area contributed by atoms with Crippen LogP contribution in [-0.2, 0) is 11.2 Å². The van der Waals surface area contributed by atoms with Crippen LogP contribution in [0.4, 0.5) is 13.2 Å². The Kier molecular flexibility index (Phi) is 9.72. The number of hydrogen-bond acceptors (Lipinski definition) is 4. The fraction of sp³-hybridized carbons (Fsp3) is 0.517. The van der Waals surface area contributed by atoms with E-state index in [4.69, 9.17) is 0 Å². The van der Waals surface area contributed by atoms with E-state index in [1.54, 1.807) is 36.4 Å². The van der Waals surface area contributed by atoms with Crippen LogP contribution in [0.5, 0.6) is 5.75 Å². The minimum Gasteiger partial charge on any atom is -0.565 e. The van der Waals surface area contributed by atoms with E-state index >= 15 is 0 Å². The number of halogens is 3. The summed E-state index contributed by atoms with van der Waals surface area (Å²) in [6.45, 7) is 2.82. The van der Waals surface area contributed by atoms with Crippen LogP contribution >= 0.6 is 0 Å². The number of phenolic OH excluding ortho intramolecular Hbond substituents is 1. The second kappa shape index (κ2) is 12.7. The maximum absolute atomic E-state index is 13.0. The van der Waals surface area contributed by atoms with Crippen molar-refractivity contribution >= 4 is 11.8 Å². The summed E-state index contributed by atoms with van der Waals surface area (Å²) in [6.07, 6.45) is -1.17. The number of nitrogens with one attached hydrogen (secondary N) is 1. The number of alkyl halides is 3. The summed E-state index contributed by atoms with van der Waals surface area (Å²) in [7, 11) is 0. The molecule has 3 saturated heterocycles. The van der Waals surface area contributed by atoms with Gasteiger partial charge in [0.05, 0.1) is 5.92 Å². The van der Waals surface area contributed by atoms with Gasteiger partial charge in [0.15, 0.2) is 0 Å². The molecule has 0 bridgehead atoms. The summed E-state index contributed by atoms with van der Waals surface area (Å²) in [5, 5.41) is 14.0. The number of nitrogens with zero attached hydrogens (tertiary/aromatic N) is 2. The molecule has 2 N–H and O–H groups in total. The smallest absolute Gasteiger partial charge is 0.391 e. The first-order valence-electron chi connectivity index (χ1n) is 13.4. The van der Waals surface area contributed by atoms with Crippen LogP contribution < -0.4 is 5.32 Å². The number of amides is 2. The predicted molar refractivity (Wildman–Crippen MR) is 136 cm³/mol. The van der Waals surface area contributed by atoms with Crippen molar-refractivity contribution in [2.45, 2.75) is 50.7 Å². The van der Waals surface area contributed by atoms with Gasteiger partial charge >= 0.3 is 6.18 Å². The van der Waals surface area contributed by atoms with Crippen molar-refractivity contribution in [3.8, 4) is 16.9 Å². The van der Waals surface area contributed by atoms with Gasteiger partial charge in [-0.3, -0.25) is 9.59 Å². The average molecular weight is 767 g/mol. The number of rotatable bonds is 5. The maximum atomic E-state index is 13.0. The zero-order valence-electron chi connectivity index (χ0n) is 21.8. The molecule has 0 aromatic heterocycles. The van der Waals surface area contributed by atoms with Gasteiger partial charge in [-0.25, -0.2) is 0 Å². The standard InChI is InChI=1S/C29H33F3N3O3.U/c30-29(31,32)24-10-14-34(15-11-24)27(37)20-3-1-19(2-4-20)21-5-6-22(26(36)18-21)17-23-9-16-35(28(23)38)25-7-12-33-13-8-25;/h1-5,18,23-25,33,36H,7-17H2;/q-1;/t23-;/m0./s1. The number of piperidine rings is 2. The van der Waals surface area contributed by atoms with Gasteiger partial charge in [-0.1, -0.05) is 17.7 Å². The third-order valence-corrected chi connectivity index (χ3v) is 8.26. The molecule has 0 spiro atoms. The van der Waals surface area contributed by atoms with Gasteiger partial charge in [0, 0.05) is 74.0 Å². The van der Waals surface area contributed by atoms with Gasteiger partial charge in [0.1, 0.15) is 0 Å². The summed E-state index contributed by atoms with van der Waals surface area (Å²) < 4.78 is 38.7. The molecule has 5 rings (SSSR count). The van der Waals surface area contributed by atoms with Crippen molar-refractivity contribution in [2.75, 3.05) is 32.7 Å². The predicted octanol–water partition coefficient (Wildman–Crippen LogP) is 4.42. The number of benzene rings is 2. The number of carbonyl (C=O) groups excluding carboxylic acids is 2. The van der Waals surface area contributed by atoms with Crippen LogP contribution in [0, 0.1) is 49.0 Å². The normalized spacial score (nSPS) is 21.2. The van der Waals surface area contributed by atoms with Gasteiger partial charge in [-0.05, 0) is 63.7 Å². The Morgan fingerprint density at radius 3 is 2.28 bits per heavy atom. The molecule has 0 unspecified atom stereocenters. The first-order chi connectivity index (χ1) is 18.2. The molecule has 39 heavy (non-hydrogen) atoms. The number of aromatic hydroxyl groups is 1. The van der Waals surface area contributed by atoms with E-state index in [1.807, 2.05) is 4.90 Å². The van der Waals surface area contributed by atoms with E-state index in [0.717, 1.165) is 50.0 Å². The van der Waals surface area contributed by atoms with Crippen LogP contribution in [0.15, 0.2) is 36.4 Å². The van der Waals surface area contributed by atoms with Gasteiger partial charge in [0.25, 0.3) is 5.91 Å². The Bertz CT molecular complexity index is 1160. The number of hydrogen-bond donors (Lipinski definition) is 2. The maximum Gasteiger partial charge on any atom is 0.391 e. The zero-order valence-corrected chi connectivity index (χ0v) is 25.9. The second-order valence-electron chi connectivity index (χ2n) is 10.6. The fourth-order valence-corrected chi connectivity index (χ4v) is 5.92. The van der Waals surface area contributed by atoms with Crippen molar-refractivity contribution in [1.82, 2.24) is 15.1 Å². The van der Waals surface area contributed by atoms with Crippen LogP contribution in [0.2, 0.25) is 0 Å². The van der Waals surface area contributed by atoms with E-state index in [0.29, 0.717) is 23.6 Å². The average Bonchev–Trinajstić information content (AvgIpc) is 3.29. The van der Waals surface area contributed by atoms with Gasteiger partial charge in [0.2, 0.25) is 5.91 Å². The van der Waals surface area contributed by atoms with Gasteiger partial charge in [-0.2, -0.15) is 25.3 Å². The summed E-state index contributed by atoms with van der Waals surface area (Å²) in [4.78, 5) is 29.3. The molecule has 208 valence electrons. The van der Waals surface area contributed by atoms with Gasteiger partial charge in [-0.15, -0.1) is 17.2 Å². The molecule has 3 fully saturated rings. The largest absolute Gasteiger partial charge is 0.565 e. The monoisotopic (exact) mass is 766 g/mol. The zero-order chi connectivity index (χ0) is 26.9. The molecule has 2 aromatic carbocycles. The second-order valence-corrected chi connectivity index (χ2v) is 10.6. The number of carbonyl (C=O) groups is 2. The van der Waals surface area contributed by atoms with Crippen molar-refractivity contribution < 1.29 is 59.0 Å². The molecule has 10 heteroatoms. The van der Waals surface area contributed by atoms with E-state index < -0.39 is 12.1 Å². The molecule has 3 aliphatic rings. The molecule has 0 radical (unpaired) electrons. The van der Waals surface area contributed by atoms with E-state index in [2.05, 4.69) is 11.4 Å². The van der Waals surface area contributed by atoms with Crippen molar-refractivity contribution in [3.63, 3.8) is 0 Å². The SMILES string of the molecule is O=C(c1ccc(-c2c[c-]c(C[C@@H]3CCN(C4CCNCC4)C3=O)c(O)c2)cc1)N1CCC(C(F)(F)F)CC1.[U]. The van der Waals surface area contributed by atoms with E-state index in [-0.39, 0.29) is 80.5 Å². The Morgan fingerprint density at radius 1 is 1.00 bits per heavy atom. The fourth-order valence-electron chi connectivity index (χ4n) is 5.92. The molecule has 0 aliphatic carbocycles. The van der Waals surface area contributed by atoms with Crippen molar-refractivity contribution in [3.05, 3.63) is 53.6 Å². The number of phenols is 1. The minimum atomic E-state index is -4.21. The first-order valence-corrected chi connectivity index (χ1v) is 13.4. The van der Waals surface area contributed by atoms with Crippen molar-refractivity contribution in [2.24, 2.45) is 11.8 Å². The first kappa shape index (κ1) is 30.0. The minimum absolute atomic E-state index is 0. The third kappa shape index (κ3) is 6.83. The summed E-state index contributed by atoms with van der Waals surface area (Å²) >= 11 is 0. The topological polar surface area (TPSA) is 72.9 Å².